The Labute approximate surface area is 214 Å². The molecular formula is C24H45N3O9. The lowest BCUT2D eigenvalue weighted by atomic mass is 10.0. The number of ether oxygens (including phenoxy) is 4. The summed E-state index contributed by atoms with van der Waals surface area (Å²) in [6.45, 7) is 12.3. The average Bonchev–Trinajstić information content (AvgIpc) is 2.78. The van der Waals surface area contributed by atoms with Crippen LogP contribution in [0, 0.1) is 5.92 Å². The molecule has 0 bridgehead atoms. The second-order valence-electron chi connectivity index (χ2n) is 9.47. The van der Waals surface area contributed by atoms with Gasteiger partial charge in [0, 0.05) is 31.0 Å². The zero-order chi connectivity index (χ0) is 27.4. The highest BCUT2D eigenvalue weighted by molar-refractivity contribution is 5.85. The fourth-order valence-electron chi connectivity index (χ4n) is 2.65. The summed E-state index contributed by atoms with van der Waals surface area (Å²) in [7, 11) is 0. The number of amides is 2. The fraction of sp³-hybridized carbons (Fsp3) is 0.833. The summed E-state index contributed by atoms with van der Waals surface area (Å²) in [5.41, 5.74) is 0.0511. The van der Waals surface area contributed by atoms with Gasteiger partial charge >= 0.3 is 5.97 Å². The molecule has 0 radical (unpaired) electrons. The maximum Gasteiger partial charge on any atom is 0.326 e. The Bertz CT molecular complexity index is 651. The third kappa shape index (κ3) is 21.2. The fourth-order valence-corrected chi connectivity index (χ4v) is 2.65. The van der Waals surface area contributed by atoms with Crippen molar-refractivity contribution >= 4 is 23.6 Å². The van der Waals surface area contributed by atoms with Gasteiger partial charge in [-0.05, 0) is 27.2 Å². The van der Waals surface area contributed by atoms with Crippen LogP contribution in [0.4, 0.5) is 0 Å². The van der Waals surface area contributed by atoms with Gasteiger partial charge in [0.05, 0.1) is 39.6 Å². The lowest BCUT2D eigenvalue weighted by molar-refractivity contribution is -0.143. The van der Waals surface area contributed by atoms with Crippen molar-refractivity contribution in [3.63, 3.8) is 0 Å². The van der Waals surface area contributed by atoms with E-state index >= 15 is 0 Å². The molecule has 0 fully saturated rings. The third-order valence-corrected chi connectivity index (χ3v) is 4.64. The van der Waals surface area contributed by atoms with Crippen molar-refractivity contribution in [1.82, 2.24) is 16.0 Å². The first-order valence-electron chi connectivity index (χ1n) is 12.3. The molecule has 0 aliphatic heterocycles. The lowest BCUT2D eigenvalue weighted by Gasteiger charge is -2.20. The minimum absolute atomic E-state index is 0.0289. The van der Waals surface area contributed by atoms with Crippen molar-refractivity contribution in [2.24, 2.45) is 5.92 Å². The Balaban J connectivity index is 3.65. The molecule has 1 atom stereocenters. The van der Waals surface area contributed by atoms with E-state index < -0.39 is 17.9 Å². The first-order chi connectivity index (χ1) is 16.9. The molecule has 4 N–H and O–H groups in total. The Morgan fingerprint density at radius 3 is 1.83 bits per heavy atom. The SMILES string of the molecule is CC(C)C(=O)CC[C@H](NC(=O)COCCOCCNC(=O)COCCOCCNC(C)(C)C)C(=O)O. The second kappa shape index (κ2) is 20.0. The molecule has 0 aromatic heterocycles. The van der Waals surface area contributed by atoms with Gasteiger partial charge in [-0.25, -0.2) is 4.79 Å². The van der Waals surface area contributed by atoms with Crippen LogP contribution < -0.4 is 16.0 Å². The van der Waals surface area contributed by atoms with E-state index in [1.165, 1.54) is 0 Å². The molecule has 12 heteroatoms. The summed E-state index contributed by atoms with van der Waals surface area (Å²) in [6.07, 6.45) is 0.109. The molecule has 0 saturated carbocycles. The smallest absolute Gasteiger partial charge is 0.326 e. The van der Waals surface area contributed by atoms with Crippen LogP contribution in [0.15, 0.2) is 0 Å². The van der Waals surface area contributed by atoms with Crippen LogP contribution in [0.2, 0.25) is 0 Å². The van der Waals surface area contributed by atoms with E-state index in [1.54, 1.807) is 13.8 Å². The number of carbonyl (C=O) groups excluding carboxylic acids is 3. The van der Waals surface area contributed by atoms with Crippen LogP contribution in [0.25, 0.3) is 0 Å². The Morgan fingerprint density at radius 1 is 0.778 bits per heavy atom. The summed E-state index contributed by atoms with van der Waals surface area (Å²) in [5, 5.41) is 17.5. The second-order valence-corrected chi connectivity index (χ2v) is 9.47. The number of hydrogen-bond donors (Lipinski definition) is 4. The summed E-state index contributed by atoms with van der Waals surface area (Å²) in [5.74, 6) is -2.29. The molecular weight excluding hydrogens is 474 g/mol. The van der Waals surface area contributed by atoms with Crippen LogP contribution in [0.1, 0.15) is 47.5 Å². The van der Waals surface area contributed by atoms with Crippen molar-refractivity contribution in [3.05, 3.63) is 0 Å². The van der Waals surface area contributed by atoms with Crippen molar-refractivity contribution in [1.29, 1.82) is 0 Å². The zero-order valence-corrected chi connectivity index (χ0v) is 22.4. The molecule has 0 aliphatic carbocycles. The predicted molar refractivity (Wildman–Crippen MR) is 133 cm³/mol. The number of rotatable bonds is 22. The summed E-state index contributed by atoms with van der Waals surface area (Å²) in [4.78, 5) is 46.5. The van der Waals surface area contributed by atoms with Gasteiger partial charge in [0.2, 0.25) is 11.8 Å². The van der Waals surface area contributed by atoms with Crippen LogP contribution in [-0.2, 0) is 38.1 Å². The Morgan fingerprint density at radius 2 is 1.31 bits per heavy atom. The average molecular weight is 520 g/mol. The minimum atomic E-state index is -1.20. The summed E-state index contributed by atoms with van der Waals surface area (Å²) >= 11 is 0. The van der Waals surface area contributed by atoms with E-state index in [0.29, 0.717) is 26.4 Å². The van der Waals surface area contributed by atoms with E-state index in [1.807, 2.05) is 0 Å². The first-order valence-corrected chi connectivity index (χ1v) is 12.3. The largest absolute Gasteiger partial charge is 0.480 e. The maximum atomic E-state index is 11.9. The number of Topliss-reactive ketones (excluding diaryl/α,β-unsaturated/α-hetero) is 1. The Hall–Kier alpha value is -2.12. The summed E-state index contributed by atoms with van der Waals surface area (Å²) < 4.78 is 21.1. The molecule has 0 aromatic rings. The normalized spacial score (nSPS) is 12.4. The van der Waals surface area contributed by atoms with Gasteiger partial charge in [-0.3, -0.25) is 14.4 Å². The number of aliphatic carboxylic acids is 1. The molecule has 2 amide bonds. The first kappa shape index (κ1) is 33.9. The highest BCUT2D eigenvalue weighted by atomic mass is 16.5. The monoisotopic (exact) mass is 519 g/mol. The minimum Gasteiger partial charge on any atom is -0.480 e. The van der Waals surface area contributed by atoms with Gasteiger partial charge < -0.3 is 40.0 Å². The zero-order valence-electron chi connectivity index (χ0n) is 22.4. The van der Waals surface area contributed by atoms with E-state index in [9.17, 15) is 24.3 Å². The number of nitrogens with one attached hydrogen (secondary N) is 3. The third-order valence-electron chi connectivity index (χ3n) is 4.64. The van der Waals surface area contributed by atoms with Crippen molar-refractivity contribution in [3.8, 4) is 0 Å². The van der Waals surface area contributed by atoms with E-state index in [-0.39, 0.29) is 69.0 Å². The van der Waals surface area contributed by atoms with E-state index in [4.69, 9.17) is 18.9 Å². The predicted octanol–water partition coefficient (Wildman–Crippen LogP) is 0.132. The van der Waals surface area contributed by atoms with Crippen molar-refractivity contribution in [2.45, 2.75) is 59.0 Å². The quantitative estimate of drug-likeness (QED) is 0.145. The standard InChI is InChI=1S/C24H45N3O9/c1-18(2)20(28)7-6-19(23(31)32)27-22(30)17-36-15-12-33-10-8-25-21(29)16-35-14-13-34-11-9-26-24(3,4)5/h18-19,26H,6-17H2,1-5H3,(H,25,29)(H,27,30)(H,31,32)/t19-/m0/s1. The van der Waals surface area contributed by atoms with Gasteiger partial charge in [0.15, 0.2) is 0 Å². The Kier molecular flexibility index (Phi) is 18.8. The lowest BCUT2D eigenvalue weighted by Crippen LogP contribution is -2.43. The van der Waals surface area contributed by atoms with Crippen molar-refractivity contribution in [2.75, 3.05) is 65.9 Å². The number of hydrogen-bond acceptors (Lipinski definition) is 9. The topological polar surface area (TPSA) is 162 Å². The number of ketones is 1. The molecule has 0 spiro atoms. The van der Waals surface area contributed by atoms with Gasteiger partial charge in [-0.1, -0.05) is 13.8 Å². The van der Waals surface area contributed by atoms with Crippen LogP contribution in [0.3, 0.4) is 0 Å². The highest BCUT2D eigenvalue weighted by Crippen LogP contribution is 2.05. The highest BCUT2D eigenvalue weighted by Gasteiger charge is 2.21. The van der Waals surface area contributed by atoms with Gasteiger partial charge in [-0.15, -0.1) is 0 Å². The van der Waals surface area contributed by atoms with Gasteiger partial charge in [0.25, 0.3) is 0 Å². The molecule has 0 rings (SSSR count). The molecule has 0 saturated heterocycles. The molecule has 36 heavy (non-hydrogen) atoms. The van der Waals surface area contributed by atoms with Crippen LogP contribution >= 0.6 is 0 Å². The van der Waals surface area contributed by atoms with Crippen LogP contribution in [-0.4, -0.2) is 106 Å². The van der Waals surface area contributed by atoms with Gasteiger partial charge in [-0.2, -0.15) is 0 Å². The molecule has 210 valence electrons. The molecule has 12 nitrogen and oxygen atoms in total. The maximum absolute atomic E-state index is 11.9. The molecule has 0 heterocycles. The number of carboxylic acids is 1. The van der Waals surface area contributed by atoms with Crippen LogP contribution in [0.5, 0.6) is 0 Å². The van der Waals surface area contributed by atoms with Gasteiger partial charge in [0.1, 0.15) is 25.0 Å². The summed E-state index contributed by atoms with van der Waals surface area (Å²) in [6, 6.07) is -1.14. The number of carboxylic acid groups (broad SMARTS) is 1. The molecule has 0 aromatic carbocycles. The molecule has 0 unspecified atom stereocenters. The molecule has 0 aliphatic rings. The van der Waals surface area contributed by atoms with E-state index in [2.05, 4.69) is 36.7 Å². The number of carbonyl (C=O) groups is 4. The van der Waals surface area contributed by atoms with E-state index in [0.717, 1.165) is 6.54 Å². The van der Waals surface area contributed by atoms with Crippen molar-refractivity contribution < 1.29 is 43.2 Å².